The van der Waals surface area contributed by atoms with Crippen molar-refractivity contribution in [2.45, 2.75) is 19.9 Å². The summed E-state index contributed by atoms with van der Waals surface area (Å²) in [7, 11) is 0. The predicted molar refractivity (Wildman–Crippen MR) is 95.3 cm³/mol. The summed E-state index contributed by atoms with van der Waals surface area (Å²) in [6, 6.07) is 19.2. The predicted octanol–water partition coefficient (Wildman–Crippen LogP) is 5.03. The largest absolute Gasteiger partial charge is 0.456 e. The zero-order valence-corrected chi connectivity index (χ0v) is 13.5. The smallest absolute Gasteiger partial charge is 0.135 e. The van der Waals surface area contributed by atoms with Crippen molar-refractivity contribution in [3.63, 3.8) is 0 Å². The fourth-order valence-corrected chi connectivity index (χ4v) is 3.22. The van der Waals surface area contributed by atoms with Crippen molar-refractivity contribution in [1.82, 2.24) is 4.90 Å². The number of benzene rings is 2. The molecule has 116 valence electrons. The van der Waals surface area contributed by atoms with Gasteiger partial charge >= 0.3 is 0 Å². The van der Waals surface area contributed by atoms with Gasteiger partial charge < -0.3 is 4.42 Å². The lowest BCUT2D eigenvalue weighted by Gasteiger charge is -2.25. The number of aryl methyl sites for hydroxylation is 1. The van der Waals surface area contributed by atoms with Crippen molar-refractivity contribution in [2.75, 3.05) is 13.1 Å². The van der Waals surface area contributed by atoms with E-state index in [-0.39, 0.29) is 0 Å². The summed E-state index contributed by atoms with van der Waals surface area (Å²) in [6.45, 7) is 5.18. The fraction of sp³-hybridized carbons (Fsp3) is 0.238. The summed E-state index contributed by atoms with van der Waals surface area (Å²) >= 11 is 0. The molecule has 0 unspecified atom stereocenters. The summed E-state index contributed by atoms with van der Waals surface area (Å²) in [5, 5.41) is 1.19. The molecule has 1 aliphatic rings. The maximum absolute atomic E-state index is 6.06. The third kappa shape index (κ3) is 3.08. The van der Waals surface area contributed by atoms with Crippen molar-refractivity contribution in [1.29, 1.82) is 0 Å². The Morgan fingerprint density at radius 3 is 2.70 bits per heavy atom. The second-order valence-electron chi connectivity index (χ2n) is 6.35. The van der Waals surface area contributed by atoms with Crippen LogP contribution >= 0.6 is 0 Å². The summed E-state index contributed by atoms with van der Waals surface area (Å²) < 4.78 is 6.06. The average molecular weight is 303 g/mol. The van der Waals surface area contributed by atoms with Crippen LogP contribution in [0.5, 0.6) is 0 Å². The lowest BCUT2D eigenvalue weighted by molar-refractivity contribution is 0.293. The third-order valence-electron chi connectivity index (χ3n) is 4.53. The van der Waals surface area contributed by atoms with E-state index < -0.39 is 0 Å². The zero-order chi connectivity index (χ0) is 15.6. The van der Waals surface area contributed by atoms with E-state index in [9.17, 15) is 0 Å². The lowest BCUT2D eigenvalue weighted by Crippen LogP contribution is -2.27. The van der Waals surface area contributed by atoms with Crippen LogP contribution in [0.2, 0.25) is 0 Å². The standard InChI is InChI=1S/C21H21NO/c1-16-7-8-19-14-21(23-20(19)13-16)18-9-11-22(12-10-18)15-17-5-3-2-4-6-17/h2-9,13-14H,10-12,15H2,1H3. The van der Waals surface area contributed by atoms with Gasteiger partial charge in [-0.15, -0.1) is 0 Å². The quantitative estimate of drug-likeness (QED) is 0.674. The maximum atomic E-state index is 6.06. The Balaban J connectivity index is 1.50. The van der Waals surface area contributed by atoms with Gasteiger partial charge in [0.05, 0.1) is 0 Å². The molecule has 4 rings (SSSR count). The van der Waals surface area contributed by atoms with E-state index in [4.69, 9.17) is 4.42 Å². The van der Waals surface area contributed by atoms with Crippen LogP contribution in [0, 0.1) is 6.92 Å². The van der Waals surface area contributed by atoms with Crippen molar-refractivity contribution in [3.8, 4) is 0 Å². The Morgan fingerprint density at radius 1 is 1.04 bits per heavy atom. The van der Waals surface area contributed by atoms with Gasteiger partial charge in [-0.2, -0.15) is 0 Å². The van der Waals surface area contributed by atoms with Gasteiger partial charge in [0, 0.05) is 25.0 Å². The van der Waals surface area contributed by atoms with Gasteiger partial charge in [-0.3, -0.25) is 4.90 Å². The number of fused-ring (bicyclic) bond motifs is 1. The summed E-state index contributed by atoms with van der Waals surface area (Å²) in [5.41, 5.74) is 4.95. The Labute approximate surface area is 137 Å². The van der Waals surface area contributed by atoms with Crippen molar-refractivity contribution in [3.05, 3.63) is 77.6 Å². The second-order valence-corrected chi connectivity index (χ2v) is 6.35. The van der Waals surface area contributed by atoms with Crippen LogP contribution in [0.15, 0.2) is 65.1 Å². The summed E-state index contributed by atoms with van der Waals surface area (Å²) in [4.78, 5) is 2.48. The van der Waals surface area contributed by atoms with Crippen LogP contribution in [0.3, 0.4) is 0 Å². The molecule has 0 amide bonds. The van der Waals surface area contributed by atoms with E-state index in [1.165, 1.54) is 22.1 Å². The molecule has 0 N–H and O–H groups in total. The first-order chi connectivity index (χ1) is 11.3. The summed E-state index contributed by atoms with van der Waals surface area (Å²) in [6.07, 6.45) is 3.36. The molecule has 0 saturated heterocycles. The van der Waals surface area contributed by atoms with Crippen LogP contribution in [0.4, 0.5) is 0 Å². The normalized spacial score (nSPS) is 15.8. The van der Waals surface area contributed by atoms with Gasteiger partial charge in [0.25, 0.3) is 0 Å². The highest BCUT2D eigenvalue weighted by molar-refractivity contribution is 5.82. The van der Waals surface area contributed by atoms with E-state index in [1.54, 1.807) is 0 Å². The number of hydrogen-bond donors (Lipinski definition) is 0. The Morgan fingerprint density at radius 2 is 1.91 bits per heavy atom. The third-order valence-corrected chi connectivity index (χ3v) is 4.53. The molecule has 0 bridgehead atoms. The van der Waals surface area contributed by atoms with E-state index in [0.29, 0.717) is 0 Å². The molecular formula is C21H21NO. The van der Waals surface area contributed by atoms with Gasteiger partial charge in [0.2, 0.25) is 0 Å². The lowest BCUT2D eigenvalue weighted by atomic mass is 10.0. The van der Waals surface area contributed by atoms with Crippen LogP contribution in [0.25, 0.3) is 16.5 Å². The van der Waals surface area contributed by atoms with Crippen LogP contribution in [-0.4, -0.2) is 18.0 Å². The molecule has 2 nitrogen and oxygen atoms in total. The monoisotopic (exact) mass is 303 g/mol. The first-order valence-corrected chi connectivity index (χ1v) is 8.24. The molecule has 0 radical (unpaired) electrons. The van der Waals surface area contributed by atoms with Crippen molar-refractivity contribution < 1.29 is 4.42 Å². The molecule has 2 heteroatoms. The second kappa shape index (κ2) is 6.05. The Hall–Kier alpha value is -2.32. The molecular weight excluding hydrogens is 282 g/mol. The first-order valence-electron chi connectivity index (χ1n) is 8.24. The zero-order valence-electron chi connectivity index (χ0n) is 13.5. The summed E-state index contributed by atoms with van der Waals surface area (Å²) in [5.74, 6) is 1.03. The molecule has 2 heterocycles. The topological polar surface area (TPSA) is 16.4 Å². The number of rotatable bonds is 3. The van der Waals surface area contributed by atoms with Crippen molar-refractivity contribution in [2.24, 2.45) is 0 Å². The van der Waals surface area contributed by atoms with E-state index in [1.807, 2.05) is 0 Å². The first kappa shape index (κ1) is 14.3. The highest BCUT2D eigenvalue weighted by atomic mass is 16.3. The molecule has 3 aromatic rings. The van der Waals surface area contributed by atoms with Crippen LogP contribution in [-0.2, 0) is 6.54 Å². The minimum atomic E-state index is 0.986. The van der Waals surface area contributed by atoms with Gasteiger partial charge in [-0.05, 0) is 42.2 Å². The number of furan rings is 1. The van der Waals surface area contributed by atoms with Crippen molar-refractivity contribution >= 4 is 16.5 Å². The van der Waals surface area contributed by atoms with E-state index in [0.717, 1.165) is 37.4 Å². The molecule has 1 aliphatic heterocycles. The molecule has 0 aliphatic carbocycles. The number of nitrogens with zero attached hydrogens (tertiary/aromatic N) is 1. The van der Waals surface area contributed by atoms with Crippen LogP contribution in [0.1, 0.15) is 23.3 Å². The van der Waals surface area contributed by atoms with Gasteiger partial charge in [-0.25, -0.2) is 0 Å². The SMILES string of the molecule is Cc1ccc2cc(C3=CCN(Cc4ccccc4)CC3)oc2c1. The van der Waals surface area contributed by atoms with E-state index in [2.05, 4.69) is 72.5 Å². The minimum Gasteiger partial charge on any atom is -0.456 e. The molecule has 0 atom stereocenters. The van der Waals surface area contributed by atoms with Crippen LogP contribution < -0.4 is 0 Å². The van der Waals surface area contributed by atoms with E-state index >= 15 is 0 Å². The highest BCUT2D eigenvalue weighted by Crippen LogP contribution is 2.29. The molecule has 23 heavy (non-hydrogen) atoms. The average Bonchev–Trinajstić information content (AvgIpc) is 2.99. The minimum absolute atomic E-state index is 0.986. The molecule has 0 spiro atoms. The Kier molecular flexibility index (Phi) is 3.76. The van der Waals surface area contributed by atoms with Gasteiger partial charge in [-0.1, -0.05) is 48.5 Å². The molecule has 0 fully saturated rings. The van der Waals surface area contributed by atoms with Gasteiger partial charge in [0.1, 0.15) is 11.3 Å². The Bertz CT molecular complexity index is 845. The molecule has 0 saturated carbocycles. The maximum Gasteiger partial charge on any atom is 0.135 e. The fourth-order valence-electron chi connectivity index (χ4n) is 3.22. The highest BCUT2D eigenvalue weighted by Gasteiger charge is 2.16. The molecule has 1 aromatic heterocycles. The van der Waals surface area contributed by atoms with Gasteiger partial charge in [0.15, 0.2) is 0 Å². The molecule has 2 aromatic carbocycles. The number of hydrogen-bond acceptors (Lipinski definition) is 2.